The third-order valence-corrected chi connectivity index (χ3v) is 4.95. The van der Waals surface area contributed by atoms with Gasteiger partial charge in [0, 0.05) is 18.8 Å². The molecule has 2 amide bonds. The predicted molar refractivity (Wildman–Crippen MR) is 105 cm³/mol. The van der Waals surface area contributed by atoms with E-state index in [1.165, 1.54) is 23.1 Å². The Hall–Kier alpha value is -3.53. The number of carbonyl (C=O) groups excluding carboxylic acids is 1. The van der Waals surface area contributed by atoms with Gasteiger partial charge in [-0.3, -0.25) is 0 Å². The third kappa shape index (κ3) is 3.69. The van der Waals surface area contributed by atoms with E-state index in [4.69, 9.17) is 4.42 Å². The molecule has 1 aromatic carbocycles. The molecule has 3 aromatic rings. The number of aliphatic hydroxyl groups excluding tert-OH is 1. The number of anilines is 1. The number of hydrogen-bond donors (Lipinski definition) is 3. The molecule has 30 heavy (non-hydrogen) atoms. The normalized spacial score (nSPS) is 16.2. The summed E-state index contributed by atoms with van der Waals surface area (Å²) in [6, 6.07) is 5.07. The molecule has 3 heterocycles. The highest BCUT2D eigenvalue weighted by molar-refractivity contribution is 5.90. The first-order chi connectivity index (χ1) is 14.4. The molecule has 156 valence electrons. The lowest BCUT2D eigenvalue weighted by molar-refractivity contribution is 0.0690. The number of halogens is 1. The van der Waals surface area contributed by atoms with Crippen molar-refractivity contribution < 1.29 is 28.6 Å². The Morgan fingerprint density at radius 3 is 2.77 bits per heavy atom. The SMILES string of the molecule is CCc1cc(C(=O)O)nc2oc(-c3ccc(NC(=O)N4CC[C@@H](O)C4)cc3F)nc12. The topological polar surface area (TPSA) is 129 Å². The number of amides is 2. The number of β-amino-alcohol motifs (C(OH)–C–C–N with tert-alkyl or cyclic N) is 1. The summed E-state index contributed by atoms with van der Waals surface area (Å²) in [4.78, 5) is 33.1. The van der Waals surface area contributed by atoms with Gasteiger partial charge in [-0.2, -0.15) is 0 Å². The van der Waals surface area contributed by atoms with Gasteiger partial charge in [0.05, 0.1) is 11.7 Å². The number of aromatic nitrogens is 2. The number of nitrogens with zero attached hydrogens (tertiary/aromatic N) is 3. The summed E-state index contributed by atoms with van der Waals surface area (Å²) in [7, 11) is 0. The van der Waals surface area contributed by atoms with Gasteiger partial charge in [0.15, 0.2) is 5.69 Å². The smallest absolute Gasteiger partial charge is 0.354 e. The molecule has 1 aliphatic rings. The second-order valence-electron chi connectivity index (χ2n) is 7.01. The Kier molecular flexibility index (Phi) is 5.08. The first kappa shape index (κ1) is 19.8. The van der Waals surface area contributed by atoms with Crippen LogP contribution in [0, 0.1) is 5.82 Å². The highest BCUT2D eigenvalue weighted by Crippen LogP contribution is 2.29. The molecule has 0 spiro atoms. The van der Waals surface area contributed by atoms with Gasteiger partial charge in [0.25, 0.3) is 0 Å². The molecule has 4 rings (SSSR count). The van der Waals surface area contributed by atoms with Crippen molar-refractivity contribution in [3.63, 3.8) is 0 Å². The molecule has 1 saturated heterocycles. The van der Waals surface area contributed by atoms with Crippen molar-refractivity contribution in [2.24, 2.45) is 0 Å². The van der Waals surface area contributed by atoms with Crippen LogP contribution >= 0.6 is 0 Å². The summed E-state index contributed by atoms with van der Waals surface area (Å²) < 4.78 is 20.3. The first-order valence-corrected chi connectivity index (χ1v) is 9.43. The lowest BCUT2D eigenvalue weighted by Gasteiger charge is -2.16. The fourth-order valence-corrected chi connectivity index (χ4v) is 3.36. The van der Waals surface area contributed by atoms with Gasteiger partial charge in [0.2, 0.25) is 11.6 Å². The van der Waals surface area contributed by atoms with Gasteiger partial charge in [-0.15, -0.1) is 0 Å². The number of carboxylic acids is 1. The highest BCUT2D eigenvalue weighted by atomic mass is 19.1. The summed E-state index contributed by atoms with van der Waals surface area (Å²) in [5.74, 6) is -1.90. The summed E-state index contributed by atoms with van der Waals surface area (Å²) >= 11 is 0. The van der Waals surface area contributed by atoms with Gasteiger partial charge in [0.1, 0.15) is 11.3 Å². The van der Waals surface area contributed by atoms with Gasteiger partial charge in [-0.05, 0) is 42.7 Å². The summed E-state index contributed by atoms with van der Waals surface area (Å²) in [5.41, 5.74) is 1.16. The maximum absolute atomic E-state index is 14.7. The number of pyridine rings is 1. The second kappa shape index (κ2) is 7.71. The van der Waals surface area contributed by atoms with Crippen LogP contribution in [0.15, 0.2) is 28.7 Å². The van der Waals surface area contributed by atoms with Crippen LogP contribution in [0.25, 0.3) is 22.7 Å². The fourth-order valence-electron chi connectivity index (χ4n) is 3.36. The van der Waals surface area contributed by atoms with Crippen molar-refractivity contribution in [2.75, 3.05) is 18.4 Å². The number of carboxylic acid groups (broad SMARTS) is 1. The Balaban J connectivity index is 1.62. The number of oxazole rings is 1. The number of likely N-dealkylation sites (tertiary alicyclic amines) is 1. The second-order valence-corrected chi connectivity index (χ2v) is 7.01. The molecule has 1 fully saturated rings. The Morgan fingerprint density at radius 1 is 1.33 bits per heavy atom. The fraction of sp³-hybridized carbons (Fsp3) is 0.300. The molecule has 0 unspecified atom stereocenters. The van der Waals surface area contributed by atoms with Crippen LogP contribution in [0.3, 0.4) is 0 Å². The van der Waals surface area contributed by atoms with Gasteiger partial charge < -0.3 is 24.8 Å². The molecular weight excluding hydrogens is 395 g/mol. The Bertz CT molecular complexity index is 1150. The van der Waals surface area contributed by atoms with Gasteiger partial charge in [-0.25, -0.2) is 23.9 Å². The number of aryl methyl sites for hydroxylation is 1. The highest BCUT2D eigenvalue weighted by Gasteiger charge is 2.25. The average Bonchev–Trinajstić information content (AvgIpc) is 3.33. The Labute approximate surface area is 170 Å². The predicted octanol–water partition coefficient (Wildman–Crippen LogP) is 2.89. The van der Waals surface area contributed by atoms with Crippen molar-refractivity contribution in [1.29, 1.82) is 0 Å². The van der Waals surface area contributed by atoms with Crippen molar-refractivity contribution in [1.82, 2.24) is 14.9 Å². The van der Waals surface area contributed by atoms with Crippen LogP contribution in [0.5, 0.6) is 0 Å². The van der Waals surface area contributed by atoms with Gasteiger partial charge in [-0.1, -0.05) is 6.92 Å². The van der Waals surface area contributed by atoms with E-state index in [-0.39, 0.29) is 35.1 Å². The lowest BCUT2D eigenvalue weighted by Crippen LogP contribution is -2.33. The van der Waals surface area contributed by atoms with E-state index in [1.807, 2.05) is 6.92 Å². The van der Waals surface area contributed by atoms with Crippen molar-refractivity contribution in [2.45, 2.75) is 25.9 Å². The van der Waals surface area contributed by atoms with Crippen LogP contribution in [0.1, 0.15) is 29.4 Å². The number of rotatable bonds is 4. The van der Waals surface area contributed by atoms with Crippen LogP contribution < -0.4 is 5.32 Å². The number of hydrogen-bond acceptors (Lipinski definition) is 6. The minimum atomic E-state index is -1.19. The van der Waals surface area contributed by atoms with Crippen molar-refractivity contribution >= 4 is 28.9 Å². The van der Waals surface area contributed by atoms with Crippen molar-refractivity contribution in [3.8, 4) is 11.5 Å². The zero-order chi connectivity index (χ0) is 21.4. The van der Waals surface area contributed by atoms with E-state index in [1.54, 1.807) is 0 Å². The molecule has 9 nitrogen and oxygen atoms in total. The largest absolute Gasteiger partial charge is 0.477 e. The summed E-state index contributed by atoms with van der Waals surface area (Å²) in [6.45, 7) is 2.51. The minimum absolute atomic E-state index is 0.0196. The number of carbonyl (C=O) groups is 2. The van der Waals surface area contributed by atoms with E-state index in [9.17, 15) is 24.2 Å². The zero-order valence-corrected chi connectivity index (χ0v) is 16.1. The monoisotopic (exact) mass is 414 g/mol. The average molecular weight is 414 g/mol. The lowest BCUT2D eigenvalue weighted by atomic mass is 10.1. The van der Waals surface area contributed by atoms with E-state index in [2.05, 4.69) is 15.3 Å². The number of benzene rings is 1. The van der Waals surface area contributed by atoms with Crippen molar-refractivity contribution in [3.05, 3.63) is 41.3 Å². The first-order valence-electron chi connectivity index (χ1n) is 9.43. The molecule has 10 heteroatoms. The molecule has 0 bridgehead atoms. The van der Waals surface area contributed by atoms with E-state index in [0.717, 1.165) is 6.07 Å². The number of fused-ring (bicyclic) bond motifs is 1. The molecule has 1 atom stereocenters. The molecular formula is C20H19FN4O5. The summed E-state index contributed by atoms with van der Waals surface area (Å²) in [5, 5.41) is 21.3. The third-order valence-electron chi connectivity index (χ3n) is 4.95. The standard InChI is InChI=1S/C20H19FN4O5/c1-2-10-7-15(19(27)28)23-18-16(10)24-17(30-18)13-4-3-11(8-14(13)21)22-20(29)25-6-5-12(26)9-25/h3-4,7-8,12,26H,2,5-6,9H2,1H3,(H,22,29)(H,27,28)/t12-/m1/s1. The van der Waals surface area contributed by atoms with Crippen LogP contribution in [0.4, 0.5) is 14.9 Å². The zero-order valence-electron chi connectivity index (χ0n) is 16.1. The van der Waals surface area contributed by atoms with Crippen LogP contribution in [-0.4, -0.2) is 56.3 Å². The molecule has 3 N–H and O–H groups in total. The number of aromatic carboxylic acids is 1. The molecule has 0 radical (unpaired) electrons. The van der Waals surface area contributed by atoms with E-state index in [0.29, 0.717) is 30.5 Å². The molecule has 0 aliphatic carbocycles. The van der Waals surface area contributed by atoms with E-state index >= 15 is 0 Å². The quantitative estimate of drug-likeness (QED) is 0.599. The van der Waals surface area contributed by atoms with Crippen LogP contribution in [-0.2, 0) is 6.42 Å². The van der Waals surface area contributed by atoms with E-state index < -0.39 is 23.9 Å². The van der Waals surface area contributed by atoms with Crippen LogP contribution in [0.2, 0.25) is 0 Å². The minimum Gasteiger partial charge on any atom is -0.477 e. The number of nitrogens with one attached hydrogen (secondary N) is 1. The van der Waals surface area contributed by atoms with Gasteiger partial charge >= 0.3 is 12.0 Å². The molecule has 1 aliphatic heterocycles. The maximum atomic E-state index is 14.7. The molecule has 0 saturated carbocycles. The number of urea groups is 1. The molecule has 2 aromatic heterocycles. The Morgan fingerprint density at radius 2 is 2.13 bits per heavy atom. The summed E-state index contributed by atoms with van der Waals surface area (Å²) in [6.07, 6.45) is 0.469. The maximum Gasteiger partial charge on any atom is 0.354 e. The number of aliphatic hydroxyl groups is 1.